The molecule has 0 radical (unpaired) electrons. The summed E-state index contributed by atoms with van der Waals surface area (Å²) in [6, 6.07) is 2.35. The van der Waals surface area contributed by atoms with Crippen LogP contribution < -0.4 is 16.0 Å². The summed E-state index contributed by atoms with van der Waals surface area (Å²) >= 11 is 0. The zero-order chi connectivity index (χ0) is 13.9. The van der Waals surface area contributed by atoms with Crippen LogP contribution in [-0.4, -0.2) is 13.3 Å². The van der Waals surface area contributed by atoms with E-state index in [0.29, 0.717) is 11.3 Å². The number of alkyl halides is 3. The van der Waals surface area contributed by atoms with E-state index in [2.05, 4.69) is 5.43 Å². The van der Waals surface area contributed by atoms with Crippen LogP contribution in [0.4, 0.5) is 13.2 Å². The van der Waals surface area contributed by atoms with Gasteiger partial charge < -0.3 is 4.74 Å². The van der Waals surface area contributed by atoms with Crippen LogP contribution in [-0.2, 0) is 0 Å². The molecule has 0 saturated heterocycles. The summed E-state index contributed by atoms with van der Waals surface area (Å²) in [5.74, 6) is 5.66. The van der Waals surface area contributed by atoms with E-state index >= 15 is 0 Å². The van der Waals surface area contributed by atoms with Crippen molar-refractivity contribution in [3.8, 4) is 5.75 Å². The Morgan fingerprint density at radius 2 is 1.94 bits per heavy atom. The van der Waals surface area contributed by atoms with Crippen molar-refractivity contribution in [1.29, 1.82) is 0 Å². The zero-order valence-corrected chi connectivity index (χ0v) is 10.6. The number of rotatable bonds is 4. The maximum Gasteiger partial charge on any atom is 0.390 e. The topological polar surface area (TPSA) is 47.3 Å². The molecule has 102 valence electrons. The van der Waals surface area contributed by atoms with Crippen molar-refractivity contribution in [2.24, 2.45) is 5.84 Å². The van der Waals surface area contributed by atoms with Crippen molar-refractivity contribution < 1.29 is 17.9 Å². The van der Waals surface area contributed by atoms with Crippen LogP contribution in [0.3, 0.4) is 0 Å². The lowest BCUT2D eigenvalue weighted by Gasteiger charge is -2.22. The molecular formula is C12H17F3N2O. The Kier molecular flexibility index (Phi) is 4.59. The first-order chi connectivity index (χ1) is 8.30. The molecule has 1 aromatic rings. The molecule has 0 aliphatic carbocycles. The van der Waals surface area contributed by atoms with Gasteiger partial charge in [-0.2, -0.15) is 13.2 Å². The van der Waals surface area contributed by atoms with Crippen LogP contribution in [0.5, 0.6) is 5.75 Å². The molecule has 0 spiro atoms. The Balaban J connectivity index is 3.17. The smallest absolute Gasteiger partial charge is 0.390 e. The van der Waals surface area contributed by atoms with E-state index in [-0.39, 0.29) is 0 Å². The van der Waals surface area contributed by atoms with Crippen LogP contribution in [0.25, 0.3) is 0 Å². The van der Waals surface area contributed by atoms with Gasteiger partial charge in [-0.1, -0.05) is 12.1 Å². The standard InChI is InChI=1S/C12H17F3N2O/c1-7-4-5-9(11(18-3)8(7)2)10(17-16)6-12(13,14)15/h4-5,10,17H,6,16H2,1-3H3. The molecule has 0 saturated carbocycles. The summed E-state index contributed by atoms with van der Waals surface area (Å²) in [5.41, 5.74) is 4.39. The molecule has 1 atom stereocenters. The quantitative estimate of drug-likeness (QED) is 0.648. The number of hydrazine groups is 1. The first kappa shape index (κ1) is 14.8. The van der Waals surface area contributed by atoms with Gasteiger partial charge in [-0.15, -0.1) is 0 Å². The number of hydrogen-bond donors (Lipinski definition) is 2. The third kappa shape index (κ3) is 3.36. The average Bonchev–Trinajstić information content (AvgIpc) is 2.28. The minimum atomic E-state index is -4.29. The predicted octanol–water partition coefficient (Wildman–Crippen LogP) is 2.77. The molecular weight excluding hydrogens is 245 g/mol. The maximum atomic E-state index is 12.5. The van der Waals surface area contributed by atoms with Crippen LogP contribution in [0, 0.1) is 13.8 Å². The first-order valence-electron chi connectivity index (χ1n) is 5.47. The van der Waals surface area contributed by atoms with E-state index in [9.17, 15) is 13.2 Å². The normalized spacial score (nSPS) is 13.5. The lowest BCUT2D eigenvalue weighted by atomic mass is 9.97. The van der Waals surface area contributed by atoms with E-state index in [0.717, 1.165) is 11.1 Å². The predicted molar refractivity (Wildman–Crippen MR) is 63.2 cm³/mol. The third-order valence-electron chi connectivity index (χ3n) is 2.92. The van der Waals surface area contributed by atoms with Crippen molar-refractivity contribution in [3.05, 3.63) is 28.8 Å². The Morgan fingerprint density at radius 1 is 1.33 bits per heavy atom. The van der Waals surface area contributed by atoms with Crippen LogP contribution in [0.15, 0.2) is 12.1 Å². The van der Waals surface area contributed by atoms with Crippen molar-refractivity contribution in [2.75, 3.05) is 7.11 Å². The monoisotopic (exact) mass is 262 g/mol. The fourth-order valence-electron chi connectivity index (χ4n) is 1.85. The van der Waals surface area contributed by atoms with Crippen molar-refractivity contribution in [2.45, 2.75) is 32.5 Å². The minimum absolute atomic E-state index is 0.417. The summed E-state index contributed by atoms with van der Waals surface area (Å²) in [4.78, 5) is 0. The molecule has 0 heterocycles. The second-order valence-electron chi connectivity index (χ2n) is 4.17. The second-order valence-corrected chi connectivity index (χ2v) is 4.17. The van der Waals surface area contributed by atoms with Gasteiger partial charge in [-0.3, -0.25) is 11.3 Å². The number of methoxy groups -OCH3 is 1. The van der Waals surface area contributed by atoms with Gasteiger partial charge in [0.15, 0.2) is 0 Å². The van der Waals surface area contributed by atoms with E-state index in [4.69, 9.17) is 10.6 Å². The van der Waals surface area contributed by atoms with Crippen molar-refractivity contribution in [3.63, 3.8) is 0 Å². The molecule has 1 aromatic carbocycles. The molecule has 1 rings (SSSR count). The second kappa shape index (κ2) is 5.58. The minimum Gasteiger partial charge on any atom is -0.496 e. The highest BCUT2D eigenvalue weighted by molar-refractivity contribution is 5.46. The number of nitrogens with one attached hydrogen (secondary N) is 1. The molecule has 0 aliphatic rings. The summed E-state index contributed by atoms with van der Waals surface area (Å²) in [6.07, 6.45) is -5.33. The lowest BCUT2D eigenvalue weighted by molar-refractivity contribution is -0.140. The molecule has 0 aliphatic heterocycles. The van der Waals surface area contributed by atoms with E-state index in [1.807, 2.05) is 6.92 Å². The van der Waals surface area contributed by atoms with Gasteiger partial charge in [-0.25, -0.2) is 0 Å². The Hall–Kier alpha value is -1.27. The van der Waals surface area contributed by atoms with Crippen LogP contribution in [0.1, 0.15) is 29.2 Å². The number of ether oxygens (including phenoxy) is 1. The van der Waals surface area contributed by atoms with Gasteiger partial charge in [0.2, 0.25) is 0 Å². The highest BCUT2D eigenvalue weighted by Gasteiger charge is 2.33. The fraction of sp³-hybridized carbons (Fsp3) is 0.500. The number of nitrogens with two attached hydrogens (primary N) is 1. The van der Waals surface area contributed by atoms with E-state index < -0.39 is 18.6 Å². The molecule has 3 nitrogen and oxygen atoms in total. The zero-order valence-electron chi connectivity index (χ0n) is 10.6. The molecule has 0 bridgehead atoms. The van der Waals surface area contributed by atoms with Gasteiger partial charge in [0, 0.05) is 5.56 Å². The van der Waals surface area contributed by atoms with E-state index in [1.165, 1.54) is 7.11 Å². The summed E-state index contributed by atoms with van der Waals surface area (Å²) in [7, 11) is 1.44. The van der Waals surface area contributed by atoms with Gasteiger partial charge in [0.05, 0.1) is 19.6 Å². The van der Waals surface area contributed by atoms with Crippen LogP contribution >= 0.6 is 0 Å². The summed E-state index contributed by atoms with van der Waals surface area (Å²) in [6.45, 7) is 3.68. The Labute approximate surface area is 104 Å². The van der Waals surface area contributed by atoms with Crippen LogP contribution in [0.2, 0.25) is 0 Å². The first-order valence-corrected chi connectivity index (χ1v) is 5.47. The number of halogens is 3. The molecule has 1 unspecified atom stereocenters. The van der Waals surface area contributed by atoms with Gasteiger partial charge in [-0.05, 0) is 25.0 Å². The number of aryl methyl sites for hydroxylation is 1. The maximum absolute atomic E-state index is 12.5. The van der Waals surface area contributed by atoms with Gasteiger partial charge in [0.1, 0.15) is 5.75 Å². The largest absolute Gasteiger partial charge is 0.496 e. The number of hydrogen-bond acceptors (Lipinski definition) is 3. The summed E-state index contributed by atoms with van der Waals surface area (Å²) < 4.78 is 42.6. The summed E-state index contributed by atoms with van der Waals surface area (Å²) in [5, 5.41) is 0. The highest BCUT2D eigenvalue weighted by Crippen LogP contribution is 2.36. The molecule has 0 aromatic heterocycles. The molecule has 6 heteroatoms. The number of benzene rings is 1. The van der Waals surface area contributed by atoms with Crippen molar-refractivity contribution >= 4 is 0 Å². The molecule has 0 amide bonds. The Morgan fingerprint density at radius 3 is 2.39 bits per heavy atom. The molecule has 3 N–H and O–H groups in total. The highest BCUT2D eigenvalue weighted by atomic mass is 19.4. The average molecular weight is 262 g/mol. The lowest BCUT2D eigenvalue weighted by Crippen LogP contribution is -2.32. The van der Waals surface area contributed by atoms with E-state index in [1.54, 1.807) is 19.1 Å². The van der Waals surface area contributed by atoms with Crippen molar-refractivity contribution in [1.82, 2.24) is 5.43 Å². The third-order valence-corrected chi connectivity index (χ3v) is 2.92. The van der Waals surface area contributed by atoms with Gasteiger partial charge in [0.25, 0.3) is 0 Å². The molecule has 18 heavy (non-hydrogen) atoms. The SMILES string of the molecule is COc1c(C(CC(F)(F)F)NN)ccc(C)c1C. The fourth-order valence-corrected chi connectivity index (χ4v) is 1.85. The Bertz CT molecular complexity index is 419. The molecule has 0 fully saturated rings. The van der Waals surface area contributed by atoms with Gasteiger partial charge >= 0.3 is 6.18 Å².